The summed E-state index contributed by atoms with van der Waals surface area (Å²) in [7, 11) is 0. The molecule has 0 saturated carbocycles. The van der Waals surface area contributed by atoms with Crippen LogP contribution < -0.4 is 0 Å². The summed E-state index contributed by atoms with van der Waals surface area (Å²) in [6.45, 7) is 0.746. The zero-order chi connectivity index (χ0) is 18.2. The second-order valence-electron chi connectivity index (χ2n) is 6.46. The fourth-order valence-corrected chi connectivity index (χ4v) is 5.39. The number of amides is 1. The normalized spacial score (nSPS) is 16.3. The molecule has 4 nitrogen and oxygen atoms in total. The third-order valence-electron chi connectivity index (χ3n) is 4.92. The predicted octanol–water partition coefficient (Wildman–Crippen LogP) is 4.78. The van der Waals surface area contributed by atoms with Crippen LogP contribution in [0.25, 0.3) is 5.69 Å². The largest absolute Gasteiger partial charge is 0.326 e. The zero-order valence-corrected chi connectivity index (χ0v) is 16.1. The first-order chi connectivity index (χ1) is 13.3. The van der Waals surface area contributed by atoms with Gasteiger partial charge in [-0.15, -0.1) is 22.7 Å². The Balaban J connectivity index is 1.48. The molecule has 0 N–H and O–H groups in total. The molecule has 1 aliphatic rings. The number of rotatable bonds is 3. The molecule has 4 heterocycles. The molecule has 1 unspecified atom stereocenters. The van der Waals surface area contributed by atoms with Crippen LogP contribution in [0.4, 0.5) is 0 Å². The van der Waals surface area contributed by atoms with E-state index in [1.807, 2.05) is 41.4 Å². The van der Waals surface area contributed by atoms with Crippen molar-refractivity contribution in [1.82, 2.24) is 14.7 Å². The van der Waals surface area contributed by atoms with E-state index in [9.17, 15) is 4.79 Å². The van der Waals surface area contributed by atoms with Gasteiger partial charge in [-0.3, -0.25) is 4.79 Å². The van der Waals surface area contributed by atoms with E-state index in [0.29, 0.717) is 5.56 Å². The molecule has 6 heteroatoms. The molecule has 0 aliphatic carbocycles. The summed E-state index contributed by atoms with van der Waals surface area (Å²) in [5.74, 6) is 0.0808. The lowest BCUT2D eigenvalue weighted by atomic mass is 9.97. The van der Waals surface area contributed by atoms with Crippen molar-refractivity contribution >= 4 is 28.6 Å². The summed E-state index contributed by atoms with van der Waals surface area (Å²) in [4.78, 5) is 18.0. The van der Waals surface area contributed by atoms with Crippen LogP contribution in [-0.4, -0.2) is 27.1 Å². The Bertz CT molecular complexity index is 1050. The van der Waals surface area contributed by atoms with Crippen LogP contribution in [0.1, 0.15) is 31.7 Å². The number of hydrogen-bond acceptors (Lipinski definition) is 4. The van der Waals surface area contributed by atoms with Crippen molar-refractivity contribution in [3.05, 3.63) is 92.6 Å². The summed E-state index contributed by atoms with van der Waals surface area (Å²) >= 11 is 3.51. The fraction of sp³-hybridized carbons (Fsp3) is 0.143. The number of hydrogen-bond donors (Lipinski definition) is 0. The van der Waals surface area contributed by atoms with Crippen LogP contribution >= 0.6 is 22.7 Å². The minimum absolute atomic E-state index is 0.0123. The molecule has 0 fully saturated rings. The molecule has 134 valence electrons. The van der Waals surface area contributed by atoms with E-state index >= 15 is 0 Å². The molecule has 0 radical (unpaired) electrons. The third-order valence-corrected chi connectivity index (χ3v) is 6.84. The van der Waals surface area contributed by atoms with Crippen LogP contribution in [0, 0.1) is 0 Å². The van der Waals surface area contributed by atoms with Crippen molar-refractivity contribution in [2.24, 2.45) is 0 Å². The van der Waals surface area contributed by atoms with Crippen molar-refractivity contribution in [2.45, 2.75) is 12.5 Å². The highest BCUT2D eigenvalue weighted by Gasteiger charge is 2.33. The molecule has 0 spiro atoms. The minimum atomic E-state index is 0.0123. The number of fused-ring (bicyclic) bond motifs is 1. The van der Waals surface area contributed by atoms with Crippen molar-refractivity contribution in [3.8, 4) is 5.69 Å². The van der Waals surface area contributed by atoms with E-state index in [2.05, 4.69) is 34.1 Å². The quantitative estimate of drug-likeness (QED) is 0.504. The highest BCUT2D eigenvalue weighted by molar-refractivity contribution is 7.10. The second kappa shape index (κ2) is 6.79. The van der Waals surface area contributed by atoms with Gasteiger partial charge in [-0.25, -0.2) is 4.68 Å². The van der Waals surface area contributed by atoms with Crippen LogP contribution in [-0.2, 0) is 6.42 Å². The molecular weight excluding hydrogens is 374 g/mol. The Morgan fingerprint density at radius 3 is 2.67 bits per heavy atom. The number of carbonyl (C=O) groups is 1. The maximum absolute atomic E-state index is 13.3. The van der Waals surface area contributed by atoms with Gasteiger partial charge in [-0.2, -0.15) is 5.10 Å². The van der Waals surface area contributed by atoms with Gasteiger partial charge in [0.2, 0.25) is 0 Å². The van der Waals surface area contributed by atoms with E-state index < -0.39 is 0 Å². The summed E-state index contributed by atoms with van der Waals surface area (Å²) < 4.78 is 1.79. The average molecular weight is 392 g/mol. The van der Waals surface area contributed by atoms with Gasteiger partial charge in [-0.1, -0.05) is 6.07 Å². The van der Waals surface area contributed by atoms with Crippen molar-refractivity contribution in [3.63, 3.8) is 0 Å². The average Bonchev–Trinajstić information content (AvgIpc) is 3.49. The number of nitrogens with zero attached hydrogens (tertiary/aromatic N) is 3. The van der Waals surface area contributed by atoms with Gasteiger partial charge in [0.25, 0.3) is 5.91 Å². The molecule has 4 aromatic rings. The Labute approximate surface area is 165 Å². The molecule has 0 saturated heterocycles. The summed E-state index contributed by atoms with van der Waals surface area (Å²) in [5.41, 5.74) is 2.94. The van der Waals surface area contributed by atoms with E-state index in [1.165, 1.54) is 15.3 Å². The summed E-state index contributed by atoms with van der Waals surface area (Å²) in [5, 5.41) is 8.46. The lowest BCUT2D eigenvalue weighted by Crippen LogP contribution is -2.39. The smallest absolute Gasteiger partial charge is 0.254 e. The van der Waals surface area contributed by atoms with Gasteiger partial charge in [0.1, 0.15) is 0 Å². The molecule has 27 heavy (non-hydrogen) atoms. The van der Waals surface area contributed by atoms with Crippen LogP contribution in [0.3, 0.4) is 0 Å². The van der Waals surface area contributed by atoms with Gasteiger partial charge in [0.05, 0.1) is 11.7 Å². The number of aromatic nitrogens is 2. The SMILES string of the molecule is O=C(c1ccc(-n2cccn2)cc1)N1CCc2sccc2C1c1cccs1. The molecule has 1 aromatic carbocycles. The van der Waals surface area contributed by atoms with E-state index in [4.69, 9.17) is 0 Å². The molecule has 1 amide bonds. The lowest BCUT2D eigenvalue weighted by molar-refractivity contribution is 0.0699. The number of benzene rings is 1. The van der Waals surface area contributed by atoms with Gasteiger partial charge < -0.3 is 4.90 Å². The van der Waals surface area contributed by atoms with E-state index in [1.54, 1.807) is 33.6 Å². The molecular formula is C21H17N3OS2. The molecule has 0 bridgehead atoms. The number of thiophene rings is 2. The highest BCUT2D eigenvalue weighted by atomic mass is 32.1. The van der Waals surface area contributed by atoms with Crippen molar-refractivity contribution in [2.75, 3.05) is 6.54 Å². The van der Waals surface area contributed by atoms with E-state index in [-0.39, 0.29) is 11.9 Å². The van der Waals surface area contributed by atoms with Gasteiger partial charge in [-0.05, 0) is 65.2 Å². The first-order valence-corrected chi connectivity index (χ1v) is 10.6. The Morgan fingerprint density at radius 1 is 1.04 bits per heavy atom. The maximum Gasteiger partial charge on any atom is 0.254 e. The van der Waals surface area contributed by atoms with Gasteiger partial charge in [0, 0.05) is 34.3 Å². The summed E-state index contributed by atoms with van der Waals surface area (Å²) in [6.07, 6.45) is 4.56. The predicted molar refractivity (Wildman–Crippen MR) is 109 cm³/mol. The monoisotopic (exact) mass is 391 g/mol. The van der Waals surface area contributed by atoms with Crippen LogP contribution in [0.15, 0.2) is 71.7 Å². The Morgan fingerprint density at radius 2 is 1.93 bits per heavy atom. The molecule has 1 atom stereocenters. The Kier molecular flexibility index (Phi) is 4.14. The minimum Gasteiger partial charge on any atom is -0.326 e. The zero-order valence-electron chi connectivity index (χ0n) is 14.5. The second-order valence-corrected chi connectivity index (χ2v) is 8.44. The lowest BCUT2D eigenvalue weighted by Gasteiger charge is -2.35. The molecule has 1 aliphatic heterocycles. The molecule has 5 rings (SSSR count). The van der Waals surface area contributed by atoms with Crippen LogP contribution in [0.2, 0.25) is 0 Å². The third kappa shape index (κ3) is 2.91. The van der Waals surface area contributed by atoms with Crippen molar-refractivity contribution in [1.29, 1.82) is 0 Å². The van der Waals surface area contributed by atoms with Gasteiger partial charge >= 0.3 is 0 Å². The first-order valence-electron chi connectivity index (χ1n) is 8.82. The highest BCUT2D eigenvalue weighted by Crippen LogP contribution is 2.40. The van der Waals surface area contributed by atoms with Gasteiger partial charge in [0.15, 0.2) is 0 Å². The maximum atomic E-state index is 13.3. The van der Waals surface area contributed by atoms with Crippen molar-refractivity contribution < 1.29 is 4.79 Å². The topological polar surface area (TPSA) is 38.1 Å². The number of carbonyl (C=O) groups excluding carboxylic acids is 1. The Hall–Kier alpha value is -2.70. The summed E-state index contributed by atoms with van der Waals surface area (Å²) in [6, 6.07) is 15.9. The standard InChI is InChI=1S/C21H17N3OS2/c25-21(15-4-6-16(7-5-15)24-11-2-10-22-24)23-12-8-18-17(9-14-27-18)20(23)19-3-1-13-26-19/h1-7,9-11,13-14,20H,8,12H2. The fourth-order valence-electron chi connectivity index (χ4n) is 3.63. The van der Waals surface area contributed by atoms with Crippen LogP contribution in [0.5, 0.6) is 0 Å². The van der Waals surface area contributed by atoms with E-state index in [0.717, 1.165) is 18.7 Å². The first kappa shape index (κ1) is 16.5. The molecule has 3 aromatic heterocycles.